The lowest BCUT2D eigenvalue weighted by Crippen LogP contribution is -2.34. The summed E-state index contributed by atoms with van der Waals surface area (Å²) in [4.78, 5) is 12.5. The van der Waals surface area contributed by atoms with Gasteiger partial charge in [-0.1, -0.05) is 24.3 Å². The van der Waals surface area contributed by atoms with Crippen molar-refractivity contribution in [1.29, 1.82) is 0 Å². The molecule has 0 bridgehead atoms. The lowest BCUT2D eigenvalue weighted by molar-refractivity contribution is -0.120. The Morgan fingerprint density at radius 1 is 1.14 bits per heavy atom. The molecule has 0 saturated heterocycles. The molecule has 0 aliphatic rings. The number of hydrogen-bond donors (Lipinski definition) is 3. The minimum atomic E-state index is -0.732. The van der Waals surface area contributed by atoms with Crippen LogP contribution in [0, 0.1) is 6.92 Å². The fourth-order valence-electron chi connectivity index (χ4n) is 2.07. The molecule has 4 N–H and O–H groups in total. The molecule has 0 unspecified atom stereocenters. The number of phenols is 1. The molecule has 0 saturated carbocycles. The van der Waals surface area contributed by atoms with Crippen LogP contribution in [0.25, 0.3) is 0 Å². The summed E-state index contributed by atoms with van der Waals surface area (Å²) in [6.45, 7) is 5.46. The predicted molar refractivity (Wildman–Crippen MR) is 85.4 cm³/mol. The van der Waals surface area contributed by atoms with Crippen LogP contribution in [0.15, 0.2) is 42.5 Å². The van der Waals surface area contributed by atoms with E-state index in [-0.39, 0.29) is 11.7 Å². The zero-order valence-electron chi connectivity index (χ0n) is 12.5. The highest BCUT2D eigenvalue weighted by atomic mass is 16.3. The highest BCUT2D eigenvalue weighted by Gasteiger charge is 2.30. The van der Waals surface area contributed by atoms with Crippen LogP contribution >= 0.6 is 0 Å². The van der Waals surface area contributed by atoms with Crippen molar-refractivity contribution >= 4 is 17.3 Å². The third-order valence-corrected chi connectivity index (χ3v) is 3.69. The van der Waals surface area contributed by atoms with Gasteiger partial charge in [-0.15, -0.1) is 0 Å². The summed E-state index contributed by atoms with van der Waals surface area (Å²) < 4.78 is 0. The molecule has 2 aromatic rings. The van der Waals surface area contributed by atoms with E-state index in [2.05, 4.69) is 5.32 Å². The van der Waals surface area contributed by atoms with Gasteiger partial charge in [0.2, 0.25) is 5.91 Å². The maximum absolute atomic E-state index is 12.5. The Labute approximate surface area is 124 Å². The quantitative estimate of drug-likeness (QED) is 0.598. The van der Waals surface area contributed by atoms with Crippen molar-refractivity contribution in [3.63, 3.8) is 0 Å². The Hall–Kier alpha value is -2.49. The Kier molecular flexibility index (Phi) is 3.89. The minimum Gasteiger partial charge on any atom is -0.505 e. The van der Waals surface area contributed by atoms with E-state index in [1.54, 1.807) is 37.3 Å². The minimum absolute atomic E-state index is 0.0963. The summed E-state index contributed by atoms with van der Waals surface area (Å²) >= 11 is 0. The van der Waals surface area contributed by atoms with E-state index in [0.29, 0.717) is 11.4 Å². The summed E-state index contributed by atoms with van der Waals surface area (Å²) in [7, 11) is 0. The summed E-state index contributed by atoms with van der Waals surface area (Å²) in [5.41, 5.74) is 7.60. The van der Waals surface area contributed by atoms with Gasteiger partial charge in [0.05, 0.1) is 11.1 Å². The van der Waals surface area contributed by atoms with Crippen LogP contribution in [-0.4, -0.2) is 11.0 Å². The van der Waals surface area contributed by atoms with E-state index in [9.17, 15) is 9.90 Å². The summed E-state index contributed by atoms with van der Waals surface area (Å²) in [5, 5.41) is 12.8. The van der Waals surface area contributed by atoms with E-state index in [4.69, 9.17) is 5.73 Å². The van der Waals surface area contributed by atoms with Crippen LogP contribution in [0.3, 0.4) is 0 Å². The van der Waals surface area contributed by atoms with E-state index in [1.165, 1.54) is 0 Å². The number of para-hydroxylation sites is 1. The number of phenolic OH excluding ortho intramolecular Hbond substituents is 1. The van der Waals surface area contributed by atoms with E-state index in [1.807, 2.05) is 26.0 Å². The van der Waals surface area contributed by atoms with Crippen LogP contribution in [-0.2, 0) is 10.2 Å². The van der Waals surface area contributed by atoms with Crippen molar-refractivity contribution in [2.45, 2.75) is 26.2 Å². The smallest absolute Gasteiger partial charge is 0.234 e. The zero-order chi connectivity index (χ0) is 15.6. The van der Waals surface area contributed by atoms with Gasteiger partial charge in [0.15, 0.2) is 0 Å². The molecule has 0 aliphatic carbocycles. The number of nitrogen functional groups attached to an aromatic ring is 1. The van der Waals surface area contributed by atoms with Gasteiger partial charge in [-0.05, 0) is 50.1 Å². The maximum atomic E-state index is 12.5. The molecule has 0 spiro atoms. The van der Waals surface area contributed by atoms with Crippen molar-refractivity contribution in [1.82, 2.24) is 0 Å². The predicted octanol–water partition coefficient (Wildman–Crippen LogP) is 3.20. The Morgan fingerprint density at radius 2 is 1.76 bits per heavy atom. The summed E-state index contributed by atoms with van der Waals surface area (Å²) in [6, 6.07) is 12.5. The average molecular weight is 284 g/mol. The number of nitrogens with one attached hydrogen (secondary N) is 1. The highest BCUT2D eigenvalue weighted by Crippen LogP contribution is 2.30. The molecular weight excluding hydrogens is 264 g/mol. The Bertz CT molecular complexity index is 661. The molecule has 0 atom stereocenters. The van der Waals surface area contributed by atoms with Crippen molar-refractivity contribution in [3.05, 3.63) is 53.6 Å². The molecule has 21 heavy (non-hydrogen) atoms. The fraction of sp³-hybridized carbons (Fsp3) is 0.235. The molecule has 1 amide bonds. The second kappa shape index (κ2) is 5.48. The Morgan fingerprint density at radius 3 is 2.38 bits per heavy atom. The highest BCUT2D eigenvalue weighted by molar-refractivity contribution is 5.99. The van der Waals surface area contributed by atoms with Gasteiger partial charge < -0.3 is 16.2 Å². The number of aromatic hydroxyl groups is 1. The largest absolute Gasteiger partial charge is 0.505 e. The molecule has 0 aromatic heterocycles. The first-order valence-electron chi connectivity index (χ1n) is 6.78. The second-order valence-electron chi connectivity index (χ2n) is 5.67. The van der Waals surface area contributed by atoms with E-state index in [0.717, 1.165) is 11.1 Å². The van der Waals surface area contributed by atoms with Gasteiger partial charge in [0.25, 0.3) is 0 Å². The molecule has 4 heteroatoms. The standard InChI is InChI=1S/C17H20N2O2/c1-11-5-4-6-14(15(11)20)19-16(21)17(2,3)12-7-9-13(18)10-8-12/h4-10,20H,18H2,1-3H3,(H,19,21). The van der Waals surface area contributed by atoms with Crippen LogP contribution in [0.5, 0.6) is 5.75 Å². The number of rotatable bonds is 3. The fourth-order valence-corrected chi connectivity index (χ4v) is 2.07. The molecule has 110 valence electrons. The molecule has 0 fully saturated rings. The molecule has 2 aromatic carbocycles. The first kappa shape index (κ1) is 14.9. The number of anilines is 2. The zero-order valence-corrected chi connectivity index (χ0v) is 12.5. The number of amides is 1. The van der Waals surface area contributed by atoms with Gasteiger partial charge >= 0.3 is 0 Å². The van der Waals surface area contributed by atoms with Crippen LogP contribution < -0.4 is 11.1 Å². The van der Waals surface area contributed by atoms with Gasteiger partial charge in [-0.3, -0.25) is 4.79 Å². The lowest BCUT2D eigenvalue weighted by Gasteiger charge is -2.24. The van der Waals surface area contributed by atoms with Crippen molar-refractivity contribution in [2.75, 3.05) is 11.1 Å². The molecule has 2 rings (SSSR count). The van der Waals surface area contributed by atoms with Crippen molar-refractivity contribution in [2.24, 2.45) is 0 Å². The maximum Gasteiger partial charge on any atom is 0.234 e. The lowest BCUT2D eigenvalue weighted by atomic mass is 9.83. The topological polar surface area (TPSA) is 75.4 Å². The van der Waals surface area contributed by atoms with Crippen molar-refractivity contribution < 1.29 is 9.90 Å². The number of nitrogens with two attached hydrogens (primary N) is 1. The SMILES string of the molecule is Cc1cccc(NC(=O)C(C)(C)c2ccc(N)cc2)c1O. The van der Waals surface area contributed by atoms with Gasteiger partial charge in [-0.2, -0.15) is 0 Å². The van der Waals surface area contributed by atoms with E-state index >= 15 is 0 Å². The number of aryl methyl sites for hydroxylation is 1. The first-order valence-corrected chi connectivity index (χ1v) is 6.78. The summed E-state index contributed by atoms with van der Waals surface area (Å²) in [6.07, 6.45) is 0. The number of carbonyl (C=O) groups excluding carboxylic acids is 1. The monoisotopic (exact) mass is 284 g/mol. The summed E-state index contributed by atoms with van der Waals surface area (Å²) in [5.74, 6) is -0.0906. The van der Waals surface area contributed by atoms with Gasteiger partial charge in [0, 0.05) is 5.69 Å². The van der Waals surface area contributed by atoms with Gasteiger partial charge in [-0.25, -0.2) is 0 Å². The molecular formula is C17H20N2O2. The first-order chi connectivity index (χ1) is 9.82. The normalized spacial score (nSPS) is 11.2. The molecule has 0 radical (unpaired) electrons. The number of carbonyl (C=O) groups is 1. The van der Waals surface area contributed by atoms with Crippen LogP contribution in [0.2, 0.25) is 0 Å². The third-order valence-electron chi connectivity index (χ3n) is 3.69. The number of benzene rings is 2. The molecule has 4 nitrogen and oxygen atoms in total. The van der Waals surface area contributed by atoms with E-state index < -0.39 is 5.41 Å². The molecule has 0 heterocycles. The van der Waals surface area contributed by atoms with Crippen molar-refractivity contribution in [3.8, 4) is 5.75 Å². The Balaban J connectivity index is 2.26. The van der Waals surface area contributed by atoms with Gasteiger partial charge in [0.1, 0.15) is 5.75 Å². The third kappa shape index (κ3) is 2.99. The molecule has 0 aliphatic heterocycles. The average Bonchev–Trinajstić information content (AvgIpc) is 2.44. The number of hydrogen-bond acceptors (Lipinski definition) is 3. The van der Waals surface area contributed by atoms with Crippen LogP contribution in [0.4, 0.5) is 11.4 Å². The second-order valence-corrected chi connectivity index (χ2v) is 5.67. The van der Waals surface area contributed by atoms with Crippen LogP contribution in [0.1, 0.15) is 25.0 Å².